The van der Waals surface area contributed by atoms with Gasteiger partial charge >= 0.3 is 0 Å². The van der Waals surface area contributed by atoms with E-state index in [1.807, 2.05) is 42.5 Å². The molecule has 5 heteroatoms. The number of nitrogens with one attached hydrogen (secondary N) is 1. The molecule has 0 bridgehead atoms. The molecule has 3 rings (SSSR count). The van der Waals surface area contributed by atoms with Crippen molar-refractivity contribution in [1.29, 1.82) is 0 Å². The normalized spacial score (nSPS) is 17.2. The van der Waals surface area contributed by atoms with Crippen LogP contribution in [0.3, 0.4) is 0 Å². The number of carbonyl (C=O) groups is 1. The van der Waals surface area contributed by atoms with Gasteiger partial charge in [-0.3, -0.25) is 4.79 Å². The monoisotopic (exact) mass is 340 g/mol. The Hall–Kier alpha value is -2.53. The lowest BCUT2D eigenvalue weighted by Crippen LogP contribution is -2.33. The molecule has 2 aromatic carbocycles. The van der Waals surface area contributed by atoms with Crippen LogP contribution in [0.1, 0.15) is 6.42 Å². The van der Waals surface area contributed by atoms with Gasteiger partial charge in [-0.25, -0.2) is 0 Å². The van der Waals surface area contributed by atoms with Crippen molar-refractivity contribution in [2.75, 3.05) is 33.3 Å². The highest BCUT2D eigenvalue weighted by Crippen LogP contribution is 2.23. The fourth-order valence-corrected chi connectivity index (χ4v) is 2.88. The number of carbonyl (C=O) groups excluding carboxylic acids is 1. The first-order valence-corrected chi connectivity index (χ1v) is 8.60. The molecule has 0 aliphatic carbocycles. The van der Waals surface area contributed by atoms with Gasteiger partial charge in [0.2, 0.25) is 0 Å². The fourth-order valence-electron chi connectivity index (χ4n) is 2.88. The maximum Gasteiger partial charge on any atom is 0.257 e. The Bertz CT molecular complexity index is 673. The maximum absolute atomic E-state index is 11.9. The molecule has 132 valence electrons. The van der Waals surface area contributed by atoms with E-state index in [2.05, 4.69) is 17.3 Å². The van der Waals surface area contributed by atoms with Crippen LogP contribution in [0.4, 0.5) is 0 Å². The lowest BCUT2D eigenvalue weighted by molar-refractivity contribution is -0.123. The molecule has 0 spiro atoms. The van der Waals surface area contributed by atoms with E-state index >= 15 is 0 Å². The minimum Gasteiger partial charge on any atom is -0.484 e. The third-order valence-corrected chi connectivity index (χ3v) is 4.25. The molecule has 5 nitrogen and oxygen atoms in total. The van der Waals surface area contributed by atoms with Gasteiger partial charge in [0, 0.05) is 13.1 Å². The van der Waals surface area contributed by atoms with Crippen molar-refractivity contribution in [3.05, 3.63) is 54.6 Å². The Morgan fingerprint density at radius 3 is 2.44 bits per heavy atom. The zero-order chi connectivity index (χ0) is 17.5. The molecular weight excluding hydrogens is 316 g/mol. The summed E-state index contributed by atoms with van der Waals surface area (Å²) in [6.07, 6.45) is 1.14. The number of hydrogen-bond donors (Lipinski definition) is 1. The molecule has 1 heterocycles. The Balaban J connectivity index is 1.40. The molecular formula is C20H24N2O3. The summed E-state index contributed by atoms with van der Waals surface area (Å²) < 4.78 is 11.3. The SMILES string of the molecule is CN1CC[C@@H](CNC(=O)COc2ccc(Oc3ccccc3)cc2)C1. The van der Waals surface area contributed by atoms with E-state index in [-0.39, 0.29) is 12.5 Å². The summed E-state index contributed by atoms with van der Waals surface area (Å²) in [6, 6.07) is 16.9. The molecule has 1 aliphatic rings. The number of ether oxygens (including phenoxy) is 2. The second-order valence-corrected chi connectivity index (χ2v) is 6.40. The summed E-state index contributed by atoms with van der Waals surface area (Å²) in [5, 5.41) is 2.94. The van der Waals surface area contributed by atoms with Gasteiger partial charge in [0.15, 0.2) is 6.61 Å². The number of likely N-dealkylation sites (tertiary alicyclic amines) is 1. The van der Waals surface area contributed by atoms with Crippen molar-refractivity contribution >= 4 is 5.91 Å². The minimum atomic E-state index is -0.0841. The van der Waals surface area contributed by atoms with Crippen LogP contribution < -0.4 is 14.8 Å². The fraction of sp³-hybridized carbons (Fsp3) is 0.350. The lowest BCUT2D eigenvalue weighted by atomic mass is 10.1. The average molecular weight is 340 g/mol. The van der Waals surface area contributed by atoms with Crippen molar-refractivity contribution in [2.24, 2.45) is 5.92 Å². The molecule has 1 amide bonds. The van der Waals surface area contributed by atoms with Gasteiger partial charge in [-0.1, -0.05) is 18.2 Å². The van der Waals surface area contributed by atoms with Crippen LogP contribution in [0.2, 0.25) is 0 Å². The van der Waals surface area contributed by atoms with E-state index in [0.29, 0.717) is 11.7 Å². The molecule has 0 saturated carbocycles. The van der Waals surface area contributed by atoms with Crippen LogP contribution in [-0.4, -0.2) is 44.1 Å². The van der Waals surface area contributed by atoms with Gasteiger partial charge in [-0.2, -0.15) is 0 Å². The van der Waals surface area contributed by atoms with Gasteiger partial charge in [-0.05, 0) is 62.3 Å². The predicted molar refractivity (Wildman–Crippen MR) is 97.1 cm³/mol. The van der Waals surface area contributed by atoms with Crippen LogP contribution in [-0.2, 0) is 4.79 Å². The second-order valence-electron chi connectivity index (χ2n) is 6.40. The predicted octanol–water partition coefficient (Wildman–Crippen LogP) is 2.93. The highest BCUT2D eigenvalue weighted by molar-refractivity contribution is 5.77. The molecule has 2 aromatic rings. The van der Waals surface area contributed by atoms with Crippen LogP contribution in [0, 0.1) is 5.92 Å². The Morgan fingerprint density at radius 1 is 1.08 bits per heavy atom. The summed E-state index contributed by atoms with van der Waals surface area (Å²) in [5.41, 5.74) is 0. The van der Waals surface area contributed by atoms with Gasteiger partial charge in [0.05, 0.1) is 0 Å². The molecule has 1 atom stereocenters. The Labute approximate surface area is 148 Å². The topological polar surface area (TPSA) is 50.8 Å². The first-order valence-electron chi connectivity index (χ1n) is 8.60. The number of nitrogens with zero attached hydrogens (tertiary/aromatic N) is 1. The second kappa shape index (κ2) is 8.53. The molecule has 1 saturated heterocycles. The zero-order valence-electron chi connectivity index (χ0n) is 14.5. The number of benzene rings is 2. The van der Waals surface area contributed by atoms with Crippen molar-refractivity contribution < 1.29 is 14.3 Å². The quantitative estimate of drug-likeness (QED) is 0.842. The first-order chi connectivity index (χ1) is 12.2. The Morgan fingerprint density at radius 2 is 1.76 bits per heavy atom. The molecule has 1 N–H and O–H groups in total. The molecule has 0 radical (unpaired) electrons. The number of amides is 1. The summed E-state index contributed by atoms with van der Waals surface area (Å²) in [5.74, 6) is 2.63. The van der Waals surface area contributed by atoms with Crippen molar-refractivity contribution in [1.82, 2.24) is 10.2 Å². The van der Waals surface area contributed by atoms with Crippen molar-refractivity contribution in [2.45, 2.75) is 6.42 Å². The summed E-state index contributed by atoms with van der Waals surface area (Å²) in [7, 11) is 2.11. The number of para-hydroxylation sites is 1. The third-order valence-electron chi connectivity index (χ3n) is 4.25. The van der Waals surface area contributed by atoms with Gasteiger partial charge in [0.25, 0.3) is 5.91 Å². The van der Waals surface area contributed by atoms with Crippen LogP contribution in [0.5, 0.6) is 17.2 Å². The first kappa shape index (κ1) is 17.3. The number of rotatable bonds is 7. The Kier molecular flexibility index (Phi) is 5.90. The van der Waals surface area contributed by atoms with E-state index in [1.54, 1.807) is 12.1 Å². The maximum atomic E-state index is 11.9. The van der Waals surface area contributed by atoms with E-state index < -0.39 is 0 Å². The zero-order valence-corrected chi connectivity index (χ0v) is 14.5. The van der Waals surface area contributed by atoms with Gasteiger partial charge in [0.1, 0.15) is 17.2 Å². The molecule has 25 heavy (non-hydrogen) atoms. The molecule has 0 unspecified atom stereocenters. The highest BCUT2D eigenvalue weighted by atomic mass is 16.5. The van der Waals surface area contributed by atoms with Crippen molar-refractivity contribution in [3.63, 3.8) is 0 Å². The van der Waals surface area contributed by atoms with E-state index in [1.165, 1.54) is 0 Å². The largest absolute Gasteiger partial charge is 0.484 e. The van der Waals surface area contributed by atoms with E-state index in [0.717, 1.165) is 37.6 Å². The summed E-state index contributed by atoms with van der Waals surface area (Å²) >= 11 is 0. The average Bonchev–Trinajstić information content (AvgIpc) is 3.06. The smallest absolute Gasteiger partial charge is 0.257 e. The molecule has 1 fully saturated rings. The molecule has 1 aliphatic heterocycles. The third kappa shape index (κ3) is 5.50. The minimum absolute atomic E-state index is 0.0292. The van der Waals surface area contributed by atoms with Crippen LogP contribution >= 0.6 is 0 Å². The summed E-state index contributed by atoms with van der Waals surface area (Å²) in [4.78, 5) is 14.2. The van der Waals surface area contributed by atoms with Gasteiger partial charge in [-0.15, -0.1) is 0 Å². The van der Waals surface area contributed by atoms with Crippen LogP contribution in [0.25, 0.3) is 0 Å². The highest BCUT2D eigenvalue weighted by Gasteiger charge is 2.19. The van der Waals surface area contributed by atoms with E-state index in [9.17, 15) is 4.79 Å². The standard InChI is InChI=1S/C20H24N2O3/c1-22-12-11-16(14-22)13-21-20(23)15-24-17-7-9-19(10-8-17)25-18-5-3-2-4-6-18/h2-10,16H,11-15H2,1H3,(H,21,23)/t16-/m0/s1. The molecule has 0 aromatic heterocycles. The van der Waals surface area contributed by atoms with Crippen molar-refractivity contribution in [3.8, 4) is 17.2 Å². The van der Waals surface area contributed by atoms with Crippen LogP contribution in [0.15, 0.2) is 54.6 Å². The lowest BCUT2D eigenvalue weighted by Gasteiger charge is -2.12. The van der Waals surface area contributed by atoms with E-state index in [4.69, 9.17) is 9.47 Å². The number of hydrogen-bond acceptors (Lipinski definition) is 4. The summed E-state index contributed by atoms with van der Waals surface area (Å²) in [6.45, 7) is 2.90. The van der Waals surface area contributed by atoms with Gasteiger partial charge < -0.3 is 19.7 Å².